The molecular weight excluding hydrogens is 307 g/mol. The summed E-state index contributed by atoms with van der Waals surface area (Å²) in [6.45, 7) is 0.212. The van der Waals surface area contributed by atoms with Crippen molar-refractivity contribution < 1.29 is 19.1 Å². The second kappa shape index (κ2) is 6.95. The van der Waals surface area contributed by atoms with E-state index in [4.69, 9.17) is 5.11 Å². The Morgan fingerprint density at radius 1 is 1.28 bits per heavy atom. The molecule has 1 rings (SSSR count). The van der Waals surface area contributed by atoms with Gasteiger partial charge in [0, 0.05) is 17.6 Å². The van der Waals surface area contributed by atoms with Gasteiger partial charge in [0.05, 0.1) is 6.42 Å². The van der Waals surface area contributed by atoms with E-state index < -0.39 is 17.8 Å². The summed E-state index contributed by atoms with van der Waals surface area (Å²) >= 11 is 3.14. The number of nitrogens with one attached hydrogen (secondary N) is 2. The summed E-state index contributed by atoms with van der Waals surface area (Å²) in [7, 11) is 0. The molecule has 0 saturated heterocycles. The van der Waals surface area contributed by atoms with Gasteiger partial charge in [0.2, 0.25) is 0 Å². The van der Waals surface area contributed by atoms with Crippen molar-refractivity contribution in [3.05, 3.63) is 34.1 Å². The number of urea groups is 1. The zero-order chi connectivity index (χ0) is 13.5. The highest BCUT2D eigenvalue weighted by Crippen LogP contribution is 2.14. The maximum Gasteiger partial charge on any atom is 0.315 e. The van der Waals surface area contributed by atoms with E-state index in [0.717, 1.165) is 0 Å². The van der Waals surface area contributed by atoms with Crippen LogP contribution in [0.5, 0.6) is 0 Å². The third kappa shape index (κ3) is 5.62. The lowest BCUT2D eigenvalue weighted by molar-refractivity contribution is -0.136. The zero-order valence-electron chi connectivity index (χ0n) is 9.37. The summed E-state index contributed by atoms with van der Waals surface area (Å²) in [4.78, 5) is 21.5. The van der Waals surface area contributed by atoms with Crippen molar-refractivity contribution in [1.29, 1.82) is 0 Å². The molecule has 0 unspecified atom stereocenters. The minimum Gasteiger partial charge on any atom is -0.481 e. The number of carbonyl (C=O) groups excluding carboxylic acids is 1. The van der Waals surface area contributed by atoms with Crippen LogP contribution in [0.2, 0.25) is 0 Å². The molecule has 7 heteroatoms. The van der Waals surface area contributed by atoms with Gasteiger partial charge in [-0.25, -0.2) is 9.18 Å². The predicted molar refractivity (Wildman–Crippen MR) is 66.6 cm³/mol. The number of hydrogen-bond donors (Lipinski definition) is 3. The molecule has 0 fully saturated rings. The minimum atomic E-state index is -0.982. The number of benzene rings is 1. The molecule has 1 aromatic carbocycles. The highest BCUT2D eigenvalue weighted by atomic mass is 79.9. The van der Waals surface area contributed by atoms with Crippen LogP contribution >= 0.6 is 15.9 Å². The van der Waals surface area contributed by atoms with Crippen molar-refractivity contribution in [3.8, 4) is 0 Å². The SMILES string of the molecule is O=C(O)CCNC(=O)NCc1cc(F)cc(Br)c1. The number of aliphatic carboxylic acids is 1. The number of carboxylic acids is 1. The summed E-state index contributed by atoms with van der Waals surface area (Å²) in [5, 5.41) is 13.3. The van der Waals surface area contributed by atoms with Gasteiger partial charge in [-0.15, -0.1) is 0 Å². The summed E-state index contributed by atoms with van der Waals surface area (Å²) in [5.41, 5.74) is 0.607. The monoisotopic (exact) mass is 318 g/mol. The average molecular weight is 319 g/mol. The molecule has 0 aliphatic heterocycles. The zero-order valence-corrected chi connectivity index (χ0v) is 11.0. The molecule has 3 N–H and O–H groups in total. The van der Waals surface area contributed by atoms with Crippen molar-refractivity contribution >= 4 is 27.9 Å². The van der Waals surface area contributed by atoms with Gasteiger partial charge in [0.15, 0.2) is 0 Å². The second-order valence-corrected chi connectivity index (χ2v) is 4.45. The first-order valence-electron chi connectivity index (χ1n) is 5.16. The lowest BCUT2D eigenvalue weighted by atomic mass is 10.2. The van der Waals surface area contributed by atoms with Crippen LogP contribution in [-0.4, -0.2) is 23.7 Å². The number of carboxylic acid groups (broad SMARTS) is 1. The van der Waals surface area contributed by atoms with Crippen LogP contribution in [-0.2, 0) is 11.3 Å². The third-order valence-corrected chi connectivity index (χ3v) is 2.46. The molecule has 0 heterocycles. The molecule has 1 aromatic rings. The second-order valence-electron chi connectivity index (χ2n) is 3.53. The Morgan fingerprint density at radius 2 is 2.00 bits per heavy atom. The molecule has 0 aliphatic rings. The van der Waals surface area contributed by atoms with Crippen LogP contribution in [0.25, 0.3) is 0 Å². The Labute approximate surface area is 112 Å². The van der Waals surface area contributed by atoms with Gasteiger partial charge in [-0.2, -0.15) is 0 Å². The van der Waals surface area contributed by atoms with Crippen molar-refractivity contribution in [2.24, 2.45) is 0 Å². The first kappa shape index (κ1) is 14.4. The summed E-state index contributed by atoms with van der Waals surface area (Å²) in [5.74, 6) is -1.38. The molecular formula is C11H12BrFN2O3. The maximum absolute atomic E-state index is 13.0. The van der Waals surface area contributed by atoms with Crippen molar-refractivity contribution in [2.75, 3.05) is 6.54 Å². The molecule has 0 radical (unpaired) electrons. The topological polar surface area (TPSA) is 78.4 Å². The number of amides is 2. The Hall–Kier alpha value is -1.63. The molecule has 18 heavy (non-hydrogen) atoms. The Balaban J connectivity index is 2.35. The van der Waals surface area contributed by atoms with E-state index in [2.05, 4.69) is 26.6 Å². The number of rotatable bonds is 5. The average Bonchev–Trinajstić information content (AvgIpc) is 2.24. The largest absolute Gasteiger partial charge is 0.481 e. The lowest BCUT2D eigenvalue weighted by Crippen LogP contribution is -2.36. The van der Waals surface area contributed by atoms with Gasteiger partial charge < -0.3 is 15.7 Å². The van der Waals surface area contributed by atoms with Gasteiger partial charge >= 0.3 is 12.0 Å². The van der Waals surface area contributed by atoms with E-state index in [1.54, 1.807) is 6.07 Å². The highest BCUT2D eigenvalue weighted by Gasteiger charge is 2.03. The Kier molecular flexibility index (Phi) is 5.57. The molecule has 0 atom stereocenters. The minimum absolute atomic E-state index is 0.0496. The van der Waals surface area contributed by atoms with E-state index in [1.807, 2.05) is 0 Å². The van der Waals surface area contributed by atoms with Crippen LogP contribution in [0.4, 0.5) is 9.18 Å². The Bertz CT molecular complexity index is 434. The van der Waals surface area contributed by atoms with Crippen molar-refractivity contribution in [2.45, 2.75) is 13.0 Å². The van der Waals surface area contributed by atoms with Gasteiger partial charge in [0.25, 0.3) is 0 Å². The standard InChI is InChI=1S/C11H12BrFN2O3/c12-8-3-7(4-9(13)5-8)6-15-11(18)14-2-1-10(16)17/h3-5H,1-2,6H2,(H,16,17)(H2,14,15,18). The fourth-order valence-corrected chi connectivity index (χ4v) is 1.75. The molecule has 0 aromatic heterocycles. The van der Waals surface area contributed by atoms with E-state index in [9.17, 15) is 14.0 Å². The van der Waals surface area contributed by atoms with Gasteiger partial charge in [-0.05, 0) is 23.8 Å². The summed E-state index contributed by atoms with van der Waals surface area (Å²) in [6.07, 6.45) is -0.140. The molecule has 98 valence electrons. The number of hydrogen-bond acceptors (Lipinski definition) is 2. The lowest BCUT2D eigenvalue weighted by Gasteiger charge is -2.07. The molecule has 0 aliphatic carbocycles. The molecule has 0 spiro atoms. The first-order chi connectivity index (χ1) is 8.47. The van der Waals surface area contributed by atoms with E-state index >= 15 is 0 Å². The van der Waals surface area contributed by atoms with Crippen molar-refractivity contribution in [1.82, 2.24) is 10.6 Å². The summed E-state index contributed by atoms with van der Waals surface area (Å²) < 4.78 is 13.6. The molecule has 0 bridgehead atoms. The van der Waals surface area contributed by atoms with Crippen LogP contribution in [0.1, 0.15) is 12.0 Å². The van der Waals surface area contributed by atoms with Gasteiger partial charge in [0.1, 0.15) is 5.82 Å². The fourth-order valence-electron chi connectivity index (χ4n) is 1.24. The predicted octanol–water partition coefficient (Wildman–Crippen LogP) is 1.86. The number of halogens is 2. The Morgan fingerprint density at radius 3 is 2.61 bits per heavy atom. The maximum atomic E-state index is 13.0. The smallest absolute Gasteiger partial charge is 0.315 e. The van der Waals surface area contributed by atoms with Crippen LogP contribution in [0, 0.1) is 5.82 Å². The van der Waals surface area contributed by atoms with E-state index in [-0.39, 0.29) is 19.5 Å². The van der Waals surface area contributed by atoms with Gasteiger partial charge in [-0.1, -0.05) is 15.9 Å². The molecule has 5 nitrogen and oxygen atoms in total. The van der Waals surface area contributed by atoms with Gasteiger partial charge in [-0.3, -0.25) is 4.79 Å². The number of carbonyl (C=O) groups is 2. The fraction of sp³-hybridized carbons (Fsp3) is 0.273. The van der Waals surface area contributed by atoms with E-state index in [1.165, 1.54) is 12.1 Å². The highest BCUT2D eigenvalue weighted by molar-refractivity contribution is 9.10. The van der Waals surface area contributed by atoms with Crippen LogP contribution in [0.15, 0.2) is 22.7 Å². The van der Waals surface area contributed by atoms with Crippen LogP contribution < -0.4 is 10.6 Å². The van der Waals surface area contributed by atoms with E-state index in [0.29, 0.717) is 10.0 Å². The molecule has 2 amide bonds. The first-order valence-corrected chi connectivity index (χ1v) is 5.95. The van der Waals surface area contributed by atoms with Crippen molar-refractivity contribution in [3.63, 3.8) is 0 Å². The van der Waals surface area contributed by atoms with Crippen LogP contribution in [0.3, 0.4) is 0 Å². The summed E-state index contributed by atoms with van der Waals surface area (Å²) in [6, 6.07) is 3.82. The third-order valence-electron chi connectivity index (χ3n) is 2.00. The molecule has 0 saturated carbocycles. The quantitative estimate of drug-likeness (QED) is 0.775. The normalized spacial score (nSPS) is 9.89.